The van der Waals surface area contributed by atoms with Crippen LogP contribution in [0.1, 0.15) is 53.6 Å². The van der Waals surface area contributed by atoms with Crippen LogP contribution in [0.25, 0.3) is 5.69 Å². The number of benzene rings is 2. The van der Waals surface area contributed by atoms with Crippen LogP contribution >= 0.6 is 0 Å². The van der Waals surface area contributed by atoms with E-state index in [1.165, 1.54) is 11.1 Å². The molecule has 3 aromatic rings. The van der Waals surface area contributed by atoms with Crippen LogP contribution in [-0.4, -0.2) is 59.0 Å². The van der Waals surface area contributed by atoms with E-state index in [0.29, 0.717) is 12.4 Å². The molecule has 35 heavy (non-hydrogen) atoms. The molecule has 5 rings (SSSR count). The van der Waals surface area contributed by atoms with Crippen molar-refractivity contribution in [3.8, 4) is 17.2 Å². The number of carbonyl (C=O) groups excluding carboxylic acids is 1. The lowest BCUT2D eigenvalue weighted by atomic mass is 9.99. The predicted molar refractivity (Wildman–Crippen MR) is 135 cm³/mol. The van der Waals surface area contributed by atoms with Gasteiger partial charge < -0.3 is 19.3 Å². The Morgan fingerprint density at radius 2 is 1.63 bits per heavy atom. The Hall–Kier alpha value is -3.32. The molecule has 0 atom stereocenters. The number of aryl methyl sites for hydroxylation is 1. The van der Waals surface area contributed by atoms with E-state index in [-0.39, 0.29) is 5.91 Å². The molecule has 7 heteroatoms. The maximum Gasteiger partial charge on any atom is 0.256 e. The van der Waals surface area contributed by atoms with Gasteiger partial charge in [0, 0.05) is 32.0 Å². The monoisotopic (exact) mass is 474 g/mol. The minimum absolute atomic E-state index is 0.0922. The van der Waals surface area contributed by atoms with Crippen LogP contribution in [0, 0.1) is 0 Å². The Morgan fingerprint density at radius 1 is 0.886 bits per heavy atom. The highest BCUT2D eigenvalue weighted by Crippen LogP contribution is 2.36. The van der Waals surface area contributed by atoms with E-state index in [0.717, 1.165) is 81.9 Å². The van der Waals surface area contributed by atoms with Crippen molar-refractivity contribution in [2.45, 2.75) is 45.1 Å². The molecule has 0 saturated carbocycles. The summed E-state index contributed by atoms with van der Waals surface area (Å²) < 4.78 is 13.0. The summed E-state index contributed by atoms with van der Waals surface area (Å²) in [4.78, 5) is 18.0. The first-order chi connectivity index (χ1) is 17.2. The van der Waals surface area contributed by atoms with E-state index in [1.807, 2.05) is 41.4 Å². The number of hydrogen-bond acceptors (Lipinski definition) is 5. The van der Waals surface area contributed by atoms with Gasteiger partial charge in [0.2, 0.25) is 6.79 Å². The molecule has 184 valence electrons. The van der Waals surface area contributed by atoms with Crippen molar-refractivity contribution in [2.24, 2.45) is 0 Å². The van der Waals surface area contributed by atoms with Crippen molar-refractivity contribution in [2.75, 3.05) is 33.5 Å². The third-order valence-electron chi connectivity index (χ3n) is 6.90. The molecule has 3 heterocycles. The van der Waals surface area contributed by atoms with Gasteiger partial charge in [-0.1, -0.05) is 18.6 Å². The summed E-state index contributed by atoms with van der Waals surface area (Å²) in [5.41, 5.74) is 4.22. The van der Waals surface area contributed by atoms with Crippen LogP contribution in [0.4, 0.5) is 0 Å². The summed E-state index contributed by atoms with van der Waals surface area (Å²) in [7, 11) is 2.17. The molecule has 0 radical (unpaired) electrons. The van der Waals surface area contributed by atoms with E-state index in [2.05, 4.69) is 29.2 Å². The van der Waals surface area contributed by atoms with Gasteiger partial charge in [-0.25, -0.2) is 4.68 Å². The Kier molecular flexibility index (Phi) is 7.33. The molecule has 2 aromatic carbocycles. The van der Waals surface area contributed by atoms with E-state index in [4.69, 9.17) is 9.47 Å². The number of para-hydroxylation sites is 1. The van der Waals surface area contributed by atoms with Crippen LogP contribution in [0.5, 0.6) is 11.5 Å². The highest BCUT2D eigenvalue weighted by Gasteiger charge is 2.21. The first kappa shape index (κ1) is 23.4. The van der Waals surface area contributed by atoms with Gasteiger partial charge in [-0.05, 0) is 87.2 Å². The van der Waals surface area contributed by atoms with Crippen LogP contribution in [0.15, 0.2) is 54.9 Å². The highest BCUT2D eigenvalue weighted by molar-refractivity contribution is 5.97. The zero-order valence-electron chi connectivity index (χ0n) is 20.5. The second-order valence-electron chi connectivity index (χ2n) is 9.49. The van der Waals surface area contributed by atoms with Crippen molar-refractivity contribution in [1.82, 2.24) is 19.6 Å². The first-order valence-electron chi connectivity index (χ1n) is 12.7. The molecule has 0 unspecified atom stereocenters. The summed E-state index contributed by atoms with van der Waals surface area (Å²) in [5, 5.41) is 4.35. The average molecular weight is 475 g/mol. The summed E-state index contributed by atoms with van der Waals surface area (Å²) in [6, 6.07) is 14.0. The molecule has 0 aliphatic carbocycles. The second kappa shape index (κ2) is 11.0. The van der Waals surface area contributed by atoms with Crippen molar-refractivity contribution in [3.05, 3.63) is 71.5 Å². The van der Waals surface area contributed by atoms with Gasteiger partial charge in [-0.2, -0.15) is 5.10 Å². The van der Waals surface area contributed by atoms with Gasteiger partial charge in [0.15, 0.2) is 11.5 Å². The Labute approximate surface area is 207 Å². The molecule has 1 amide bonds. The minimum atomic E-state index is 0.0922. The van der Waals surface area contributed by atoms with Crippen molar-refractivity contribution >= 4 is 5.91 Å². The molecule has 2 aliphatic heterocycles. The number of fused-ring (bicyclic) bond motifs is 2. The lowest BCUT2D eigenvalue weighted by Crippen LogP contribution is -2.34. The van der Waals surface area contributed by atoms with Crippen molar-refractivity contribution in [3.63, 3.8) is 0 Å². The average Bonchev–Trinajstić information content (AvgIpc) is 3.56. The lowest BCUT2D eigenvalue weighted by molar-refractivity contribution is 0.0748. The molecule has 0 spiro atoms. The third kappa shape index (κ3) is 5.51. The standard InChI is InChI=1S/C28H34N4O3/c1-30-14-7-8-16-31(28(33)24-11-4-5-12-25(24)32-17-9-13-29-32)15-6-2-3-10-22-18-26-27(35-21-34-26)19-23(22)20-30/h4-5,9,11-13,17-19H,2-3,6-8,10,14-16,20-21H2,1H3. The minimum Gasteiger partial charge on any atom is -0.454 e. The van der Waals surface area contributed by atoms with E-state index >= 15 is 0 Å². The van der Waals surface area contributed by atoms with Gasteiger partial charge >= 0.3 is 0 Å². The topological polar surface area (TPSA) is 59.8 Å². The van der Waals surface area contributed by atoms with E-state index in [9.17, 15) is 4.79 Å². The Balaban J connectivity index is 1.30. The fourth-order valence-electron chi connectivity index (χ4n) is 5.01. The van der Waals surface area contributed by atoms with Crippen LogP contribution in [0.2, 0.25) is 0 Å². The normalized spacial score (nSPS) is 17.6. The third-order valence-corrected chi connectivity index (χ3v) is 6.90. The zero-order chi connectivity index (χ0) is 24.0. The summed E-state index contributed by atoms with van der Waals surface area (Å²) in [6.07, 6.45) is 9.82. The fourth-order valence-corrected chi connectivity index (χ4v) is 5.01. The molecule has 7 nitrogen and oxygen atoms in total. The lowest BCUT2D eigenvalue weighted by Gasteiger charge is -2.25. The largest absolute Gasteiger partial charge is 0.454 e. The van der Waals surface area contributed by atoms with Crippen molar-refractivity contribution in [1.29, 1.82) is 0 Å². The SMILES string of the molecule is CN1CCCCN(C(=O)c2ccccc2-n2cccn2)CCCCCc2cc3c(cc2C1)OCO3. The molecule has 2 aliphatic rings. The maximum absolute atomic E-state index is 13.6. The van der Waals surface area contributed by atoms with E-state index in [1.54, 1.807) is 10.9 Å². The highest BCUT2D eigenvalue weighted by atomic mass is 16.7. The van der Waals surface area contributed by atoms with E-state index < -0.39 is 0 Å². The quantitative estimate of drug-likeness (QED) is 0.540. The second-order valence-corrected chi connectivity index (χ2v) is 9.49. The van der Waals surface area contributed by atoms with Crippen LogP contribution < -0.4 is 9.47 Å². The molecule has 0 N–H and O–H groups in total. The number of carbonyl (C=O) groups is 1. The van der Waals surface area contributed by atoms with Gasteiger partial charge in [0.05, 0.1) is 11.3 Å². The molecule has 0 bridgehead atoms. The summed E-state index contributed by atoms with van der Waals surface area (Å²) in [6.45, 7) is 3.73. The van der Waals surface area contributed by atoms with Gasteiger partial charge in [-0.3, -0.25) is 4.79 Å². The summed E-state index contributed by atoms with van der Waals surface area (Å²) >= 11 is 0. The van der Waals surface area contributed by atoms with Gasteiger partial charge in [0.25, 0.3) is 5.91 Å². The number of hydrogen-bond donors (Lipinski definition) is 0. The number of aromatic nitrogens is 2. The van der Waals surface area contributed by atoms with Crippen LogP contribution in [-0.2, 0) is 13.0 Å². The smallest absolute Gasteiger partial charge is 0.256 e. The molecular weight excluding hydrogens is 440 g/mol. The Bertz CT molecular complexity index is 1150. The number of rotatable bonds is 2. The molecule has 0 saturated heterocycles. The Morgan fingerprint density at radius 3 is 2.43 bits per heavy atom. The molecular formula is C28H34N4O3. The predicted octanol–water partition coefficient (Wildman–Crippen LogP) is 4.68. The van der Waals surface area contributed by atoms with Crippen LogP contribution in [0.3, 0.4) is 0 Å². The number of amides is 1. The molecule has 0 fully saturated rings. The van der Waals surface area contributed by atoms with Crippen molar-refractivity contribution < 1.29 is 14.3 Å². The first-order valence-corrected chi connectivity index (χ1v) is 12.7. The summed E-state index contributed by atoms with van der Waals surface area (Å²) in [5.74, 6) is 1.82. The van der Waals surface area contributed by atoms with Gasteiger partial charge in [0.1, 0.15) is 0 Å². The number of nitrogens with zero attached hydrogens (tertiary/aromatic N) is 4. The fraction of sp³-hybridized carbons (Fsp3) is 0.429. The molecule has 1 aromatic heterocycles. The van der Waals surface area contributed by atoms with Gasteiger partial charge in [-0.15, -0.1) is 0 Å². The number of ether oxygens (including phenoxy) is 2. The maximum atomic E-state index is 13.6. The zero-order valence-corrected chi connectivity index (χ0v) is 20.5.